The van der Waals surface area contributed by atoms with Crippen molar-refractivity contribution < 1.29 is 18.0 Å². The highest BCUT2D eigenvalue weighted by atomic mass is 35.5. The Bertz CT molecular complexity index is 1560. The number of halogens is 2. The lowest BCUT2D eigenvalue weighted by molar-refractivity contribution is -0.140. The van der Waals surface area contributed by atoms with Crippen molar-refractivity contribution in [1.82, 2.24) is 14.5 Å². The first-order valence-corrected chi connectivity index (χ1v) is 16.0. The minimum absolute atomic E-state index is 0.0491. The highest BCUT2D eigenvalue weighted by Crippen LogP contribution is 2.28. The molecule has 8 nitrogen and oxygen atoms in total. The molecule has 3 aromatic carbocycles. The van der Waals surface area contributed by atoms with Crippen molar-refractivity contribution in [1.29, 1.82) is 0 Å². The maximum Gasteiger partial charge on any atom is 0.304 e. The van der Waals surface area contributed by atoms with Crippen LogP contribution in [0.15, 0.2) is 66.7 Å². The Balaban J connectivity index is 2.18. The van der Waals surface area contributed by atoms with Crippen LogP contribution in [0.1, 0.15) is 43.0 Å². The van der Waals surface area contributed by atoms with E-state index in [4.69, 9.17) is 23.2 Å². The normalized spacial score (nSPS) is 12.6. The summed E-state index contributed by atoms with van der Waals surface area (Å²) in [7, 11) is -1.28. The van der Waals surface area contributed by atoms with Crippen molar-refractivity contribution in [2.75, 3.05) is 24.9 Å². The summed E-state index contributed by atoms with van der Waals surface area (Å²) < 4.78 is 29.5. The third-order valence-corrected chi connectivity index (χ3v) is 9.17. The first kappa shape index (κ1) is 34.4. The lowest BCUT2D eigenvalue weighted by atomic mass is 10.0. The van der Waals surface area contributed by atoms with Crippen LogP contribution >= 0.6 is 23.2 Å². The molecule has 0 aliphatic rings. The van der Waals surface area contributed by atoms with Crippen LogP contribution in [0.4, 0.5) is 5.69 Å². The molecular weight excluding hydrogens is 607 g/mol. The van der Waals surface area contributed by atoms with E-state index in [-0.39, 0.29) is 18.9 Å². The van der Waals surface area contributed by atoms with Crippen LogP contribution in [-0.2, 0) is 32.8 Å². The first-order valence-electron chi connectivity index (χ1n) is 13.9. The van der Waals surface area contributed by atoms with Gasteiger partial charge in [-0.3, -0.25) is 9.59 Å². The lowest BCUT2D eigenvalue weighted by Gasteiger charge is -2.36. The highest BCUT2D eigenvalue weighted by molar-refractivity contribution is 7.90. The first-order chi connectivity index (χ1) is 20.0. The Morgan fingerprint density at radius 3 is 2.16 bits per heavy atom. The van der Waals surface area contributed by atoms with Gasteiger partial charge in [0.05, 0.1) is 5.69 Å². The van der Waals surface area contributed by atoms with E-state index < -0.39 is 34.2 Å². The standard InChI is InChI=1S/C32H40Cl2N4O4S/c1-22-13-14-23(2)28(17-22)38(43(41,42)36(6)7)21-30(39)37(20-25-15-16-26(33)19-27(25)34)29(31(40)35-32(3,4)5)18-24-11-9-8-10-12-24/h8-17,19,29H,18,20-21H2,1-7H3,(H,35,40)/t29-/m0/s1. The molecule has 11 heteroatoms. The number of nitrogens with zero attached hydrogens (tertiary/aromatic N) is 3. The molecule has 0 aliphatic carbocycles. The van der Waals surface area contributed by atoms with Gasteiger partial charge in [0.2, 0.25) is 11.8 Å². The maximum atomic E-state index is 14.4. The maximum absolute atomic E-state index is 14.4. The number of nitrogens with one attached hydrogen (secondary N) is 1. The summed E-state index contributed by atoms with van der Waals surface area (Å²) in [6.45, 7) is 8.64. The van der Waals surface area contributed by atoms with Crippen molar-refractivity contribution in [3.63, 3.8) is 0 Å². The molecule has 0 bridgehead atoms. The van der Waals surface area contributed by atoms with Gasteiger partial charge in [-0.15, -0.1) is 0 Å². The van der Waals surface area contributed by atoms with Crippen LogP contribution in [0.25, 0.3) is 0 Å². The summed E-state index contributed by atoms with van der Waals surface area (Å²) >= 11 is 12.7. The van der Waals surface area contributed by atoms with E-state index in [1.54, 1.807) is 31.2 Å². The minimum atomic E-state index is -4.11. The van der Waals surface area contributed by atoms with Gasteiger partial charge in [0.25, 0.3) is 0 Å². The zero-order valence-electron chi connectivity index (χ0n) is 25.7. The van der Waals surface area contributed by atoms with Crippen LogP contribution < -0.4 is 9.62 Å². The molecule has 232 valence electrons. The second kappa shape index (κ2) is 14.1. The van der Waals surface area contributed by atoms with Gasteiger partial charge < -0.3 is 10.2 Å². The second-order valence-corrected chi connectivity index (χ2v) is 14.7. The minimum Gasteiger partial charge on any atom is -0.350 e. The SMILES string of the molecule is Cc1ccc(C)c(N(CC(=O)N(Cc2ccc(Cl)cc2Cl)[C@@H](Cc2ccccc2)C(=O)NC(C)(C)C)S(=O)(=O)N(C)C)c1. The average molecular weight is 648 g/mol. The van der Waals surface area contributed by atoms with E-state index in [9.17, 15) is 18.0 Å². The van der Waals surface area contributed by atoms with Crippen LogP contribution in [-0.4, -0.2) is 61.7 Å². The van der Waals surface area contributed by atoms with Gasteiger partial charge in [-0.05, 0) is 75.1 Å². The fourth-order valence-electron chi connectivity index (χ4n) is 4.53. The van der Waals surface area contributed by atoms with Crippen molar-refractivity contribution in [2.45, 2.75) is 59.2 Å². The molecule has 0 spiro atoms. The van der Waals surface area contributed by atoms with Crippen LogP contribution in [0.5, 0.6) is 0 Å². The van der Waals surface area contributed by atoms with Gasteiger partial charge in [-0.25, -0.2) is 4.31 Å². The molecule has 3 aromatic rings. The predicted octanol–water partition coefficient (Wildman–Crippen LogP) is 5.78. The number of hydrogen-bond donors (Lipinski definition) is 1. The Labute approximate surface area is 265 Å². The zero-order chi connectivity index (χ0) is 32.1. The summed E-state index contributed by atoms with van der Waals surface area (Å²) in [6, 6.07) is 18.7. The number of amides is 2. The largest absolute Gasteiger partial charge is 0.350 e. The predicted molar refractivity (Wildman–Crippen MR) is 175 cm³/mol. The Kier molecular flexibility index (Phi) is 11.3. The monoisotopic (exact) mass is 646 g/mol. The molecule has 0 unspecified atom stereocenters. The van der Waals surface area contributed by atoms with Crippen molar-refractivity contribution in [3.8, 4) is 0 Å². The van der Waals surface area contributed by atoms with Gasteiger partial charge in [-0.1, -0.05) is 71.7 Å². The van der Waals surface area contributed by atoms with Crippen LogP contribution in [0, 0.1) is 13.8 Å². The summed E-state index contributed by atoms with van der Waals surface area (Å²) in [4.78, 5) is 29.7. The molecule has 0 saturated heterocycles. The molecule has 1 atom stereocenters. The van der Waals surface area contributed by atoms with E-state index in [1.165, 1.54) is 19.0 Å². The van der Waals surface area contributed by atoms with Gasteiger partial charge in [0.1, 0.15) is 12.6 Å². The summed E-state index contributed by atoms with van der Waals surface area (Å²) in [5.74, 6) is -0.939. The Hall–Kier alpha value is -3.11. The molecule has 2 amide bonds. The van der Waals surface area contributed by atoms with E-state index >= 15 is 0 Å². The summed E-state index contributed by atoms with van der Waals surface area (Å²) in [5, 5.41) is 3.76. The molecular formula is C32H40Cl2N4O4S. The van der Waals surface area contributed by atoms with E-state index in [0.29, 0.717) is 26.9 Å². The van der Waals surface area contributed by atoms with Gasteiger partial charge in [-0.2, -0.15) is 12.7 Å². The number of anilines is 1. The Morgan fingerprint density at radius 2 is 1.58 bits per heavy atom. The van der Waals surface area contributed by atoms with Crippen molar-refractivity contribution in [2.24, 2.45) is 0 Å². The molecule has 0 radical (unpaired) electrons. The number of benzene rings is 3. The van der Waals surface area contributed by atoms with Crippen molar-refractivity contribution >= 4 is 50.9 Å². The fraction of sp³-hybridized carbons (Fsp3) is 0.375. The smallest absolute Gasteiger partial charge is 0.304 e. The summed E-state index contributed by atoms with van der Waals surface area (Å²) in [5.41, 5.74) is 2.71. The van der Waals surface area contributed by atoms with E-state index in [2.05, 4.69) is 5.32 Å². The molecule has 0 heterocycles. The quantitative estimate of drug-likeness (QED) is 0.286. The van der Waals surface area contributed by atoms with E-state index in [1.807, 2.05) is 70.2 Å². The van der Waals surface area contributed by atoms with Crippen LogP contribution in [0.2, 0.25) is 10.0 Å². The second-order valence-electron chi connectivity index (χ2n) is 11.8. The fourth-order valence-corrected chi connectivity index (χ4v) is 6.11. The average Bonchev–Trinajstić information content (AvgIpc) is 2.91. The number of rotatable bonds is 11. The Morgan fingerprint density at radius 1 is 0.930 bits per heavy atom. The molecule has 0 fully saturated rings. The number of hydrogen-bond acceptors (Lipinski definition) is 4. The topological polar surface area (TPSA) is 90.0 Å². The third-order valence-electron chi connectivity index (χ3n) is 6.78. The van der Waals surface area contributed by atoms with Gasteiger partial charge in [0.15, 0.2) is 0 Å². The molecule has 3 rings (SSSR count). The number of carbonyl (C=O) groups excluding carboxylic acids is 2. The molecule has 0 saturated carbocycles. The lowest BCUT2D eigenvalue weighted by Crippen LogP contribution is -2.56. The molecule has 0 aliphatic heterocycles. The van der Waals surface area contributed by atoms with Gasteiger partial charge >= 0.3 is 10.2 Å². The van der Waals surface area contributed by atoms with Gasteiger partial charge in [0, 0.05) is 42.6 Å². The van der Waals surface area contributed by atoms with E-state index in [0.717, 1.165) is 19.7 Å². The number of carbonyl (C=O) groups is 2. The highest BCUT2D eigenvalue weighted by Gasteiger charge is 2.36. The summed E-state index contributed by atoms with van der Waals surface area (Å²) in [6.07, 6.45) is 0.198. The van der Waals surface area contributed by atoms with Crippen molar-refractivity contribution in [3.05, 3.63) is 99.0 Å². The third kappa shape index (κ3) is 9.19. The zero-order valence-corrected chi connectivity index (χ0v) is 28.0. The molecule has 43 heavy (non-hydrogen) atoms. The number of aryl methyl sites for hydroxylation is 2. The van der Waals surface area contributed by atoms with Crippen LogP contribution in [0.3, 0.4) is 0 Å². The molecule has 1 N–H and O–H groups in total. The molecule has 0 aromatic heterocycles.